The maximum Gasteiger partial charge on any atom is 0.220 e. The topological polar surface area (TPSA) is 29.1 Å². The van der Waals surface area contributed by atoms with Crippen molar-refractivity contribution in [3.05, 3.63) is 34.5 Å². The molecule has 1 N–H and O–H groups in total. The number of carbonyl (C=O) groups is 1. The summed E-state index contributed by atoms with van der Waals surface area (Å²) in [5.41, 5.74) is 1.38. The summed E-state index contributed by atoms with van der Waals surface area (Å²) in [4.78, 5) is 12.9. The predicted molar refractivity (Wildman–Crippen MR) is 76.7 cm³/mol. The van der Waals surface area contributed by atoms with E-state index < -0.39 is 0 Å². The van der Waals surface area contributed by atoms with E-state index in [0.717, 1.165) is 25.3 Å². The summed E-state index contributed by atoms with van der Waals surface area (Å²) in [5, 5.41) is 5.06. The third-order valence-corrected chi connectivity index (χ3v) is 4.38. The summed E-state index contributed by atoms with van der Waals surface area (Å²) in [6.07, 6.45) is 6.18. The van der Waals surface area contributed by atoms with Crippen LogP contribution in [-0.4, -0.2) is 12.5 Å². The molecule has 0 aliphatic heterocycles. The Morgan fingerprint density at radius 2 is 2.33 bits per heavy atom. The predicted octanol–water partition coefficient (Wildman–Crippen LogP) is 3.54. The van der Waals surface area contributed by atoms with Crippen LogP contribution in [0.4, 0.5) is 0 Å². The van der Waals surface area contributed by atoms with E-state index in [2.05, 4.69) is 23.3 Å². The fourth-order valence-electron chi connectivity index (χ4n) is 2.38. The fourth-order valence-corrected chi connectivity index (χ4v) is 3.09. The Hall–Kier alpha value is -1.09. The van der Waals surface area contributed by atoms with Crippen LogP contribution in [0.1, 0.15) is 37.0 Å². The van der Waals surface area contributed by atoms with Crippen molar-refractivity contribution in [1.29, 1.82) is 0 Å². The van der Waals surface area contributed by atoms with Gasteiger partial charge in [0.2, 0.25) is 5.91 Å². The van der Waals surface area contributed by atoms with Gasteiger partial charge >= 0.3 is 0 Å². The van der Waals surface area contributed by atoms with Crippen LogP contribution >= 0.6 is 11.3 Å². The van der Waals surface area contributed by atoms with E-state index in [4.69, 9.17) is 0 Å². The second-order valence-electron chi connectivity index (χ2n) is 5.10. The summed E-state index contributed by atoms with van der Waals surface area (Å²) >= 11 is 1.75. The molecule has 1 aliphatic rings. The second-order valence-corrected chi connectivity index (χ2v) is 6.13. The van der Waals surface area contributed by atoms with Gasteiger partial charge in [-0.15, -0.1) is 11.3 Å². The van der Waals surface area contributed by atoms with E-state index in [1.807, 2.05) is 6.07 Å². The smallest absolute Gasteiger partial charge is 0.220 e. The van der Waals surface area contributed by atoms with Crippen LogP contribution in [0.5, 0.6) is 0 Å². The van der Waals surface area contributed by atoms with Crippen molar-refractivity contribution in [2.45, 2.75) is 38.5 Å². The van der Waals surface area contributed by atoms with Gasteiger partial charge < -0.3 is 5.32 Å². The SMILES string of the molecule is C=C1CC(CCCC(=O)NCCc2cccs2)C1. The Morgan fingerprint density at radius 1 is 1.50 bits per heavy atom. The summed E-state index contributed by atoms with van der Waals surface area (Å²) in [5.74, 6) is 1.00. The molecule has 1 heterocycles. The van der Waals surface area contributed by atoms with Crippen LogP contribution in [0.25, 0.3) is 0 Å². The molecule has 2 nitrogen and oxygen atoms in total. The zero-order valence-corrected chi connectivity index (χ0v) is 11.6. The van der Waals surface area contributed by atoms with Crippen LogP contribution in [0.3, 0.4) is 0 Å². The van der Waals surface area contributed by atoms with Crippen molar-refractivity contribution in [3.8, 4) is 0 Å². The Balaban J connectivity index is 1.48. The summed E-state index contributed by atoms with van der Waals surface area (Å²) < 4.78 is 0. The van der Waals surface area contributed by atoms with Crippen LogP contribution < -0.4 is 5.32 Å². The minimum atomic E-state index is 0.199. The van der Waals surface area contributed by atoms with Gasteiger partial charge in [0.05, 0.1) is 0 Å². The first-order valence-electron chi connectivity index (χ1n) is 6.70. The van der Waals surface area contributed by atoms with Crippen molar-refractivity contribution in [1.82, 2.24) is 5.32 Å². The van der Waals surface area contributed by atoms with Gasteiger partial charge in [0.1, 0.15) is 0 Å². The molecular formula is C15H21NOS. The first-order chi connectivity index (χ1) is 8.74. The number of hydrogen-bond donors (Lipinski definition) is 1. The zero-order valence-electron chi connectivity index (χ0n) is 10.8. The molecule has 0 bridgehead atoms. The van der Waals surface area contributed by atoms with E-state index >= 15 is 0 Å². The third kappa shape index (κ3) is 4.30. The van der Waals surface area contributed by atoms with Gasteiger partial charge in [-0.3, -0.25) is 4.79 Å². The Bertz CT molecular complexity index is 389. The van der Waals surface area contributed by atoms with Crippen molar-refractivity contribution in [2.75, 3.05) is 6.54 Å². The van der Waals surface area contributed by atoms with Gasteiger partial charge in [0.15, 0.2) is 0 Å². The monoisotopic (exact) mass is 263 g/mol. The Kier molecular flexibility index (Phi) is 5.00. The lowest BCUT2D eigenvalue weighted by atomic mass is 9.78. The molecule has 1 aliphatic carbocycles. The molecule has 1 amide bonds. The highest BCUT2D eigenvalue weighted by atomic mass is 32.1. The van der Waals surface area contributed by atoms with Gasteiger partial charge in [-0.1, -0.05) is 18.2 Å². The lowest BCUT2D eigenvalue weighted by Gasteiger charge is -2.28. The number of thiophene rings is 1. The van der Waals surface area contributed by atoms with E-state index in [-0.39, 0.29) is 5.91 Å². The van der Waals surface area contributed by atoms with Crippen LogP contribution in [-0.2, 0) is 11.2 Å². The molecule has 98 valence electrons. The lowest BCUT2D eigenvalue weighted by Crippen LogP contribution is -2.25. The summed E-state index contributed by atoms with van der Waals surface area (Å²) in [6, 6.07) is 4.16. The number of nitrogens with one attached hydrogen (secondary N) is 1. The van der Waals surface area contributed by atoms with Gasteiger partial charge in [0, 0.05) is 17.8 Å². The minimum absolute atomic E-state index is 0.199. The molecule has 1 aromatic rings. The fraction of sp³-hybridized carbons (Fsp3) is 0.533. The normalized spacial score (nSPS) is 15.4. The maximum atomic E-state index is 11.6. The van der Waals surface area contributed by atoms with Gasteiger partial charge in [-0.05, 0) is 49.5 Å². The average Bonchev–Trinajstić information content (AvgIpc) is 2.79. The number of carbonyl (C=O) groups excluding carboxylic acids is 1. The highest BCUT2D eigenvalue weighted by Crippen LogP contribution is 2.34. The number of allylic oxidation sites excluding steroid dienone is 1. The average molecular weight is 263 g/mol. The van der Waals surface area contributed by atoms with E-state index in [1.54, 1.807) is 11.3 Å². The van der Waals surface area contributed by atoms with Crippen molar-refractivity contribution >= 4 is 17.2 Å². The van der Waals surface area contributed by atoms with E-state index in [1.165, 1.54) is 29.7 Å². The quantitative estimate of drug-likeness (QED) is 0.749. The molecule has 18 heavy (non-hydrogen) atoms. The van der Waals surface area contributed by atoms with Crippen molar-refractivity contribution < 1.29 is 4.79 Å². The minimum Gasteiger partial charge on any atom is -0.356 e. The molecule has 1 fully saturated rings. The lowest BCUT2D eigenvalue weighted by molar-refractivity contribution is -0.121. The highest BCUT2D eigenvalue weighted by Gasteiger charge is 2.20. The Labute approximate surface area is 113 Å². The largest absolute Gasteiger partial charge is 0.356 e. The summed E-state index contributed by atoms with van der Waals surface area (Å²) in [7, 11) is 0. The van der Waals surface area contributed by atoms with Gasteiger partial charge in [-0.25, -0.2) is 0 Å². The molecule has 0 spiro atoms. The molecule has 2 rings (SSSR count). The molecule has 1 saturated carbocycles. The zero-order chi connectivity index (χ0) is 12.8. The van der Waals surface area contributed by atoms with Crippen LogP contribution in [0.2, 0.25) is 0 Å². The van der Waals surface area contributed by atoms with Gasteiger partial charge in [0.25, 0.3) is 0 Å². The van der Waals surface area contributed by atoms with E-state index in [9.17, 15) is 4.79 Å². The molecular weight excluding hydrogens is 242 g/mol. The van der Waals surface area contributed by atoms with Crippen LogP contribution in [0.15, 0.2) is 29.7 Å². The molecule has 0 aromatic carbocycles. The molecule has 0 radical (unpaired) electrons. The number of rotatable bonds is 7. The molecule has 0 unspecified atom stereocenters. The van der Waals surface area contributed by atoms with Crippen molar-refractivity contribution in [2.24, 2.45) is 5.92 Å². The number of hydrogen-bond acceptors (Lipinski definition) is 2. The molecule has 0 saturated heterocycles. The molecule has 1 aromatic heterocycles. The third-order valence-electron chi connectivity index (χ3n) is 3.44. The Morgan fingerprint density at radius 3 is 3.00 bits per heavy atom. The summed E-state index contributed by atoms with van der Waals surface area (Å²) in [6.45, 7) is 4.70. The van der Waals surface area contributed by atoms with Crippen LogP contribution in [0, 0.1) is 5.92 Å². The molecule has 3 heteroatoms. The highest BCUT2D eigenvalue weighted by molar-refractivity contribution is 7.09. The second kappa shape index (κ2) is 6.74. The standard InChI is InChI=1S/C15H21NOS/c1-12-10-13(11-12)4-2-6-15(17)16-8-7-14-5-3-9-18-14/h3,5,9,13H,1-2,4,6-8,10-11H2,(H,16,17). The first-order valence-corrected chi connectivity index (χ1v) is 7.58. The maximum absolute atomic E-state index is 11.6. The first kappa shape index (κ1) is 13.3. The van der Waals surface area contributed by atoms with E-state index in [0.29, 0.717) is 6.42 Å². The molecule has 0 atom stereocenters. The van der Waals surface area contributed by atoms with Crippen molar-refractivity contribution in [3.63, 3.8) is 0 Å². The number of amides is 1. The van der Waals surface area contributed by atoms with Gasteiger partial charge in [-0.2, -0.15) is 0 Å².